The van der Waals surface area contributed by atoms with Gasteiger partial charge in [-0.3, -0.25) is 4.99 Å². The lowest BCUT2D eigenvalue weighted by molar-refractivity contribution is 0.220. The van der Waals surface area contributed by atoms with Crippen molar-refractivity contribution in [2.24, 2.45) is 10.9 Å². The van der Waals surface area contributed by atoms with Crippen LogP contribution in [0.15, 0.2) is 23.2 Å². The maximum Gasteiger partial charge on any atom is 0.190 e. The highest BCUT2D eigenvalue weighted by atomic mass is 127. The SMILES string of the molecule is CCOc1cc(CCCNC(=NC)NCC2CCN(C)CC2)ccc1OC.I. The molecular weight excluding hydrogens is 467 g/mol. The van der Waals surface area contributed by atoms with Crippen LogP contribution in [0.1, 0.15) is 31.7 Å². The van der Waals surface area contributed by atoms with Crippen molar-refractivity contribution in [1.82, 2.24) is 15.5 Å². The Labute approximate surface area is 187 Å². The van der Waals surface area contributed by atoms with Crippen molar-refractivity contribution in [3.8, 4) is 11.5 Å². The Bertz CT molecular complexity index is 590. The van der Waals surface area contributed by atoms with Gasteiger partial charge in [-0.2, -0.15) is 0 Å². The maximum absolute atomic E-state index is 5.65. The molecule has 0 saturated carbocycles. The molecule has 0 radical (unpaired) electrons. The summed E-state index contributed by atoms with van der Waals surface area (Å²) in [6.07, 6.45) is 4.55. The van der Waals surface area contributed by atoms with E-state index in [2.05, 4.69) is 39.7 Å². The Hall–Kier alpha value is -1.22. The number of piperidine rings is 1. The van der Waals surface area contributed by atoms with Crippen LogP contribution in [0.25, 0.3) is 0 Å². The molecule has 0 spiro atoms. The first-order valence-electron chi connectivity index (χ1n) is 10.1. The lowest BCUT2D eigenvalue weighted by Gasteiger charge is -2.29. The second kappa shape index (κ2) is 13.9. The molecule has 160 valence electrons. The van der Waals surface area contributed by atoms with Gasteiger partial charge in [0.25, 0.3) is 0 Å². The summed E-state index contributed by atoms with van der Waals surface area (Å²) in [5, 5.41) is 6.90. The van der Waals surface area contributed by atoms with E-state index in [0.717, 1.165) is 49.3 Å². The van der Waals surface area contributed by atoms with Gasteiger partial charge >= 0.3 is 0 Å². The summed E-state index contributed by atoms with van der Waals surface area (Å²) in [6, 6.07) is 6.17. The van der Waals surface area contributed by atoms with Gasteiger partial charge in [-0.25, -0.2) is 0 Å². The van der Waals surface area contributed by atoms with Crippen LogP contribution in [0.5, 0.6) is 11.5 Å². The molecule has 1 saturated heterocycles. The number of ether oxygens (including phenoxy) is 2. The smallest absolute Gasteiger partial charge is 0.190 e. The summed E-state index contributed by atoms with van der Waals surface area (Å²) in [6.45, 7) is 6.92. The zero-order valence-electron chi connectivity index (χ0n) is 17.8. The van der Waals surface area contributed by atoms with Crippen LogP contribution in [-0.4, -0.2) is 64.9 Å². The number of halogens is 1. The largest absolute Gasteiger partial charge is 0.493 e. The van der Waals surface area contributed by atoms with E-state index in [0.29, 0.717) is 6.61 Å². The fourth-order valence-electron chi connectivity index (χ4n) is 3.37. The predicted octanol–water partition coefficient (Wildman–Crippen LogP) is 3.15. The minimum atomic E-state index is 0. The maximum atomic E-state index is 5.65. The topological polar surface area (TPSA) is 58.1 Å². The van der Waals surface area contributed by atoms with Gasteiger partial charge in [0.05, 0.1) is 13.7 Å². The molecule has 0 amide bonds. The third-order valence-corrected chi connectivity index (χ3v) is 5.08. The van der Waals surface area contributed by atoms with Gasteiger partial charge < -0.3 is 25.0 Å². The lowest BCUT2D eigenvalue weighted by atomic mass is 9.97. The molecule has 1 aromatic rings. The van der Waals surface area contributed by atoms with Gasteiger partial charge in [0.1, 0.15) is 0 Å². The second-order valence-electron chi connectivity index (χ2n) is 7.15. The number of methoxy groups -OCH3 is 1. The molecule has 28 heavy (non-hydrogen) atoms. The van der Waals surface area contributed by atoms with Gasteiger partial charge in [-0.15, -0.1) is 24.0 Å². The molecule has 1 aromatic carbocycles. The number of hydrogen-bond acceptors (Lipinski definition) is 4. The quantitative estimate of drug-likeness (QED) is 0.234. The van der Waals surface area contributed by atoms with Gasteiger partial charge in [-0.05, 0) is 76.4 Å². The fourth-order valence-corrected chi connectivity index (χ4v) is 3.37. The van der Waals surface area contributed by atoms with Crippen molar-refractivity contribution in [3.63, 3.8) is 0 Å². The molecular formula is C21H37IN4O2. The zero-order chi connectivity index (χ0) is 19.5. The third kappa shape index (κ3) is 8.43. The number of nitrogens with one attached hydrogen (secondary N) is 2. The Kier molecular flexibility index (Phi) is 12.3. The zero-order valence-corrected chi connectivity index (χ0v) is 20.1. The molecule has 2 N–H and O–H groups in total. The van der Waals surface area contributed by atoms with Crippen molar-refractivity contribution < 1.29 is 9.47 Å². The predicted molar refractivity (Wildman–Crippen MR) is 127 cm³/mol. The van der Waals surface area contributed by atoms with Crippen LogP contribution < -0.4 is 20.1 Å². The third-order valence-electron chi connectivity index (χ3n) is 5.08. The Morgan fingerprint density at radius 3 is 2.61 bits per heavy atom. The second-order valence-corrected chi connectivity index (χ2v) is 7.15. The van der Waals surface area contributed by atoms with Gasteiger partial charge in [0.2, 0.25) is 0 Å². The van der Waals surface area contributed by atoms with Crippen LogP contribution in [0.3, 0.4) is 0 Å². The molecule has 1 aliphatic heterocycles. The van der Waals surface area contributed by atoms with E-state index in [9.17, 15) is 0 Å². The fraction of sp³-hybridized carbons (Fsp3) is 0.667. The Morgan fingerprint density at radius 1 is 1.21 bits per heavy atom. The van der Waals surface area contributed by atoms with Crippen LogP contribution >= 0.6 is 24.0 Å². The summed E-state index contributed by atoms with van der Waals surface area (Å²) < 4.78 is 11.0. The highest BCUT2D eigenvalue weighted by molar-refractivity contribution is 14.0. The van der Waals surface area contributed by atoms with Crippen molar-refractivity contribution >= 4 is 29.9 Å². The number of likely N-dealkylation sites (tertiary alicyclic amines) is 1. The molecule has 0 aliphatic carbocycles. The first-order chi connectivity index (χ1) is 13.2. The molecule has 6 nitrogen and oxygen atoms in total. The number of hydrogen-bond donors (Lipinski definition) is 2. The van der Waals surface area contributed by atoms with E-state index in [1.165, 1.54) is 31.5 Å². The van der Waals surface area contributed by atoms with Crippen LogP contribution in [0, 0.1) is 5.92 Å². The molecule has 1 aliphatic rings. The van der Waals surface area contributed by atoms with E-state index in [4.69, 9.17) is 9.47 Å². The number of aryl methyl sites for hydroxylation is 1. The minimum Gasteiger partial charge on any atom is -0.493 e. The number of benzene rings is 1. The first kappa shape index (κ1) is 24.8. The Morgan fingerprint density at radius 2 is 1.96 bits per heavy atom. The standard InChI is InChI=1S/C21H36N4O2.HI/c1-5-27-20-15-17(8-9-19(20)26-4)7-6-12-23-21(22-2)24-16-18-10-13-25(3)14-11-18;/h8-9,15,18H,5-7,10-14,16H2,1-4H3,(H2,22,23,24);1H. The van der Waals surface area contributed by atoms with E-state index >= 15 is 0 Å². The minimum absolute atomic E-state index is 0. The van der Waals surface area contributed by atoms with Crippen LogP contribution in [-0.2, 0) is 6.42 Å². The van der Waals surface area contributed by atoms with Crippen molar-refractivity contribution in [3.05, 3.63) is 23.8 Å². The average Bonchev–Trinajstić information content (AvgIpc) is 2.69. The number of aliphatic imine (C=N–C) groups is 1. The van der Waals surface area contributed by atoms with Crippen molar-refractivity contribution in [2.45, 2.75) is 32.6 Å². The summed E-state index contributed by atoms with van der Waals surface area (Å²) in [7, 11) is 5.71. The summed E-state index contributed by atoms with van der Waals surface area (Å²) in [4.78, 5) is 6.74. The summed E-state index contributed by atoms with van der Waals surface area (Å²) in [5.41, 5.74) is 1.26. The van der Waals surface area contributed by atoms with Crippen molar-refractivity contribution in [2.75, 3.05) is 54.0 Å². The van der Waals surface area contributed by atoms with Crippen LogP contribution in [0.4, 0.5) is 0 Å². The molecule has 0 bridgehead atoms. The number of nitrogens with zero attached hydrogens (tertiary/aromatic N) is 2. The van der Waals surface area contributed by atoms with Crippen molar-refractivity contribution in [1.29, 1.82) is 0 Å². The van der Waals surface area contributed by atoms with Gasteiger partial charge in [0.15, 0.2) is 17.5 Å². The molecule has 1 fully saturated rings. The van der Waals surface area contributed by atoms with E-state index < -0.39 is 0 Å². The molecule has 0 unspecified atom stereocenters. The molecule has 7 heteroatoms. The highest BCUT2D eigenvalue weighted by Gasteiger charge is 2.16. The van der Waals surface area contributed by atoms with Gasteiger partial charge in [-0.1, -0.05) is 6.07 Å². The Balaban J connectivity index is 0.00000392. The van der Waals surface area contributed by atoms with E-state index in [-0.39, 0.29) is 24.0 Å². The molecule has 2 rings (SSSR count). The summed E-state index contributed by atoms with van der Waals surface area (Å²) >= 11 is 0. The normalized spacial score (nSPS) is 15.6. The molecule has 0 atom stereocenters. The first-order valence-corrected chi connectivity index (χ1v) is 10.1. The summed E-state index contributed by atoms with van der Waals surface area (Å²) in [5.74, 6) is 3.26. The van der Waals surface area contributed by atoms with E-state index in [1.54, 1.807) is 7.11 Å². The monoisotopic (exact) mass is 504 g/mol. The van der Waals surface area contributed by atoms with Crippen LogP contribution in [0.2, 0.25) is 0 Å². The lowest BCUT2D eigenvalue weighted by Crippen LogP contribution is -2.42. The number of rotatable bonds is 9. The highest BCUT2D eigenvalue weighted by Crippen LogP contribution is 2.28. The van der Waals surface area contributed by atoms with Gasteiger partial charge in [0, 0.05) is 20.1 Å². The van der Waals surface area contributed by atoms with E-state index in [1.807, 2.05) is 20.0 Å². The average molecular weight is 504 g/mol. The number of guanidine groups is 1. The molecule has 1 heterocycles. The molecule has 0 aromatic heterocycles.